The standard InChI is InChI=1S/C14H27NO2S/c1-10-6-11(2)8-13(7-10)14(15-3)12-4-5-18(16,17)9-12/h10-15H,4-9H2,1-3H3. The van der Waals surface area contributed by atoms with Gasteiger partial charge in [-0.3, -0.25) is 0 Å². The molecule has 2 fully saturated rings. The van der Waals surface area contributed by atoms with E-state index in [0.717, 1.165) is 18.3 Å². The van der Waals surface area contributed by atoms with Crippen LogP contribution in [0.1, 0.15) is 39.5 Å². The summed E-state index contributed by atoms with van der Waals surface area (Å²) in [7, 11) is -0.757. The number of hydrogen-bond acceptors (Lipinski definition) is 3. The van der Waals surface area contributed by atoms with Gasteiger partial charge in [0.2, 0.25) is 0 Å². The predicted octanol–water partition coefficient (Wildman–Crippen LogP) is 2.08. The molecule has 0 spiro atoms. The first-order valence-corrected chi connectivity index (χ1v) is 9.11. The number of hydrogen-bond donors (Lipinski definition) is 1. The Bertz CT molecular complexity index is 369. The molecule has 0 aromatic heterocycles. The van der Waals surface area contributed by atoms with Crippen LogP contribution < -0.4 is 5.32 Å². The fraction of sp³-hybridized carbons (Fsp3) is 1.00. The van der Waals surface area contributed by atoms with Gasteiger partial charge in [-0.25, -0.2) is 8.42 Å². The van der Waals surface area contributed by atoms with Crippen LogP contribution in [0.15, 0.2) is 0 Å². The van der Waals surface area contributed by atoms with Gasteiger partial charge >= 0.3 is 0 Å². The van der Waals surface area contributed by atoms with Gasteiger partial charge in [-0.1, -0.05) is 13.8 Å². The van der Waals surface area contributed by atoms with E-state index in [1.165, 1.54) is 19.3 Å². The number of sulfone groups is 1. The van der Waals surface area contributed by atoms with Crippen LogP contribution in [-0.2, 0) is 9.84 Å². The molecule has 1 heterocycles. The lowest BCUT2D eigenvalue weighted by molar-refractivity contribution is 0.154. The van der Waals surface area contributed by atoms with E-state index in [4.69, 9.17) is 0 Å². The van der Waals surface area contributed by atoms with Gasteiger partial charge in [-0.2, -0.15) is 0 Å². The Labute approximate surface area is 112 Å². The molecule has 0 radical (unpaired) electrons. The predicted molar refractivity (Wildman–Crippen MR) is 75.3 cm³/mol. The largest absolute Gasteiger partial charge is 0.316 e. The Morgan fingerprint density at radius 3 is 2.11 bits per heavy atom. The second-order valence-electron chi connectivity index (χ2n) is 6.66. The topological polar surface area (TPSA) is 46.2 Å². The molecule has 0 aromatic carbocycles. The maximum Gasteiger partial charge on any atom is 0.150 e. The Morgan fingerprint density at radius 2 is 1.67 bits per heavy atom. The quantitative estimate of drug-likeness (QED) is 0.856. The third-order valence-electron chi connectivity index (χ3n) is 4.83. The smallest absolute Gasteiger partial charge is 0.150 e. The van der Waals surface area contributed by atoms with Gasteiger partial charge in [0.1, 0.15) is 0 Å². The van der Waals surface area contributed by atoms with Crippen LogP contribution in [-0.4, -0.2) is 33.0 Å². The lowest BCUT2D eigenvalue weighted by Crippen LogP contribution is -2.43. The van der Waals surface area contributed by atoms with Gasteiger partial charge in [0.25, 0.3) is 0 Å². The molecule has 0 amide bonds. The van der Waals surface area contributed by atoms with E-state index in [2.05, 4.69) is 19.2 Å². The summed E-state index contributed by atoms with van der Waals surface area (Å²) in [5.41, 5.74) is 0. The molecule has 1 saturated heterocycles. The minimum atomic E-state index is -2.76. The molecule has 4 unspecified atom stereocenters. The van der Waals surface area contributed by atoms with Crippen molar-refractivity contribution in [2.45, 2.75) is 45.6 Å². The van der Waals surface area contributed by atoms with Crippen molar-refractivity contribution in [2.75, 3.05) is 18.6 Å². The molecule has 0 bridgehead atoms. The Hall–Kier alpha value is -0.0900. The van der Waals surface area contributed by atoms with Crippen molar-refractivity contribution in [1.82, 2.24) is 5.32 Å². The van der Waals surface area contributed by atoms with Gasteiger partial charge < -0.3 is 5.32 Å². The van der Waals surface area contributed by atoms with Crippen LogP contribution in [0, 0.1) is 23.7 Å². The first-order chi connectivity index (χ1) is 8.41. The molecular formula is C14H27NO2S. The zero-order valence-corrected chi connectivity index (χ0v) is 12.7. The highest BCUT2D eigenvalue weighted by Gasteiger charge is 2.38. The van der Waals surface area contributed by atoms with Crippen molar-refractivity contribution >= 4 is 9.84 Å². The molecule has 1 aliphatic carbocycles. The van der Waals surface area contributed by atoms with E-state index in [0.29, 0.717) is 29.4 Å². The maximum atomic E-state index is 11.6. The summed E-state index contributed by atoms with van der Waals surface area (Å²) in [5, 5.41) is 3.43. The molecule has 1 N–H and O–H groups in total. The maximum absolute atomic E-state index is 11.6. The van der Waals surface area contributed by atoms with Gasteiger partial charge in [0.15, 0.2) is 9.84 Å². The highest BCUT2D eigenvalue weighted by atomic mass is 32.2. The van der Waals surface area contributed by atoms with Gasteiger partial charge in [0.05, 0.1) is 11.5 Å². The summed E-state index contributed by atoms with van der Waals surface area (Å²) in [4.78, 5) is 0. The SMILES string of the molecule is CNC(C1CC(C)CC(C)C1)C1CCS(=O)(=O)C1. The van der Waals surface area contributed by atoms with Crippen molar-refractivity contribution in [3.8, 4) is 0 Å². The molecule has 2 rings (SSSR count). The van der Waals surface area contributed by atoms with Crippen molar-refractivity contribution in [1.29, 1.82) is 0 Å². The van der Waals surface area contributed by atoms with Gasteiger partial charge in [-0.15, -0.1) is 0 Å². The molecule has 0 aromatic rings. The van der Waals surface area contributed by atoms with E-state index in [1.807, 2.05) is 7.05 Å². The van der Waals surface area contributed by atoms with Crippen LogP contribution >= 0.6 is 0 Å². The second-order valence-corrected chi connectivity index (χ2v) is 8.88. The molecule has 2 aliphatic rings. The molecule has 1 aliphatic heterocycles. The van der Waals surface area contributed by atoms with Crippen LogP contribution in [0.5, 0.6) is 0 Å². The van der Waals surface area contributed by atoms with Crippen LogP contribution in [0.25, 0.3) is 0 Å². The first kappa shape index (κ1) is 14.3. The third kappa shape index (κ3) is 3.27. The van der Waals surface area contributed by atoms with Crippen LogP contribution in [0.4, 0.5) is 0 Å². The first-order valence-electron chi connectivity index (χ1n) is 7.29. The summed E-state index contributed by atoms with van der Waals surface area (Å²) in [6.45, 7) is 4.67. The molecule has 4 heteroatoms. The highest BCUT2D eigenvalue weighted by molar-refractivity contribution is 7.91. The lowest BCUT2D eigenvalue weighted by atomic mass is 9.71. The van der Waals surface area contributed by atoms with Gasteiger partial charge in [-0.05, 0) is 56.4 Å². The Balaban J connectivity index is 2.04. The zero-order chi connectivity index (χ0) is 13.3. The zero-order valence-electron chi connectivity index (χ0n) is 11.9. The van der Waals surface area contributed by atoms with Gasteiger partial charge in [0, 0.05) is 6.04 Å². The van der Waals surface area contributed by atoms with E-state index in [-0.39, 0.29) is 0 Å². The summed E-state index contributed by atoms with van der Waals surface area (Å²) in [5.74, 6) is 3.36. The normalized spacial score (nSPS) is 41.7. The van der Waals surface area contributed by atoms with Crippen molar-refractivity contribution in [3.63, 3.8) is 0 Å². The molecule has 18 heavy (non-hydrogen) atoms. The summed E-state index contributed by atoms with van der Waals surface area (Å²) in [6.07, 6.45) is 4.70. The van der Waals surface area contributed by atoms with E-state index in [1.54, 1.807) is 0 Å². The average molecular weight is 273 g/mol. The molecule has 3 nitrogen and oxygen atoms in total. The fourth-order valence-electron chi connectivity index (χ4n) is 4.27. The van der Waals surface area contributed by atoms with E-state index in [9.17, 15) is 8.42 Å². The Kier molecular flexibility index (Phi) is 4.37. The van der Waals surface area contributed by atoms with Crippen LogP contribution in [0.3, 0.4) is 0 Å². The molecule has 106 valence electrons. The Morgan fingerprint density at radius 1 is 1.06 bits per heavy atom. The van der Waals surface area contributed by atoms with Crippen LogP contribution in [0.2, 0.25) is 0 Å². The fourth-order valence-corrected chi connectivity index (χ4v) is 6.12. The van der Waals surface area contributed by atoms with Crippen molar-refractivity contribution in [3.05, 3.63) is 0 Å². The molecular weight excluding hydrogens is 246 g/mol. The summed E-state index contributed by atoms with van der Waals surface area (Å²) < 4.78 is 23.3. The minimum absolute atomic E-state index is 0.336. The van der Waals surface area contributed by atoms with Crippen molar-refractivity contribution in [2.24, 2.45) is 23.7 Å². The molecule has 4 atom stereocenters. The number of rotatable bonds is 3. The summed E-state index contributed by atoms with van der Waals surface area (Å²) in [6, 6.07) is 0.396. The van der Waals surface area contributed by atoms with E-state index >= 15 is 0 Å². The average Bonchev–Trinajstić information content (AvgIpc) is 2.58. The highest BCUT2D eigenvalue weighted by Crippen LogP contribution is 2.38. The van der Waals surface area contributed by atoms with Crippen molar-refractivity contribution < 1.29 is 8.42 Å². The lowest BCUT2D eigenvalue weighted by Gasteiger charge is -2.38. The third-order valence-corrected chi connectivity index (χ3v) is 6.63. The minimum Gasteiger partial charge on any atom is -0.316 e. The monoisotopic (exact) mass is 273 g/mol. The number of nitrogens with one attached hydrogen (secondary N) is 1. The summed E-state index contributed by atoms with van der Waals surface area (Å²) >= 11 is 0. The molecule has 1 saturated carbocycles. The second kappa shape index (κ2) is 5.49. The van der Waals surface area contributed by atoms with E-state index < -0.39 is 9.84 Å².